The van der Waals surface area contributed by atoms with Crippen LogP contribution in [0.25, 0.3) is 0 Å². The molecular weight excluding hydrogens is 308 g/mol. The minimum absolute atomic E-state index is 0.123. The first kappa shape index (κ1) is 17.9. The molecule has 2 bridgehead atoms. The molecule has 0 aromatic heterocycles. The summed E-state index contributed by atoms with van der Waals surface area (Å²) in [6, 6.07) is 0. The van der Waals surface area contributed by atoms with Crippen molar-refractivity contribution in [2.24, 2.45) is 41.4 Å². The summed E-state index contributed by atoms with van der Waals surface area (Å²) < 4.78 is 6.30. The molecule has 4 aliphatic rings. The molecule has 25 heavy (non-hydrogen) atoms. The number of hydrogen-bond acceptors (Lipinski definition) is 2. The van der Waals surface area contributed by atoms with E-state index in [0.717, 1.165) is 55.3 Å². The first-order valence-electron chi connectivity index (χ1n) is 11.3. The zero-order valence-electron chi connectivity index (χ0n) is 16.6. The molecule has 4 aliphatic carbocycles. The molecule has 0 radical (unpaired) electrons. The Balaban J connectivity index is 1.46. The van der Waals surface area contributed by atoms with Crippen LogP contribution in [0.4, 0.5) is 0 Å². The van der Waals surface area contributed by atoms with Gasteiger partial charge in [0.1, 0.15) is 5.60 Å². The van der Waals surface area contributed by atoms with Gasteiger partial charge < -0.3 is 4.74 Å². The molecule has 142 valence electrons. The van der Waals surface area contributed by atoms with Gasteiger partial charge in [0.2, 0.25) is 0 Å². The van der Waals surface area contributed by atoms with Crippen LogP contribution in [-0.4, -0.2) is 11.6 Å². The third kappa shape index (κ3) is 2.96. The molecule has 7 unspecified atom stereocenters. The zero-order chi connectivity index (χ0) is 17.6. The van der Waals surface area contributed by atoms with Crippen molar-refractivity contribution in [3.63, 3.8) is 0 Å². The summed E-state index contributed by atoms with van der Waals surface area (Å²) in [5.41, 5.74) is -0.123. The smallest absolute Gasteiger partial charge is 0.309 e. The standard InChI is InChI=1S/C23H38O2/c1-4-9-16-12-15(3)20-17-13-18(21(16)20)19(14-17)22(24)25-23(5-2)10-7-6-8-11-23/h15-21H,4-14H2,1-3H3. The highest BCUT2D eigenvalue weighted by molar-refractivity contribution is 5.74. The maximum atomic E-state index is 13.2. The molecule has 0 aromatic carbocycles. The number of carbonyl (C=O) groups is 1. The highest BCUT2D eigenvalue weighted by Gasteiger charge is 2.61. The summed E-state index contributed by atoms with van der Waals surface area (Å²) in [5, 5.41) is 0. The maximum absolute atomic E-state index is 13.2. The third-order valence-electron chi connectivity index (χ3n) is 8.70. The van der Waals surface area contributed by atoms with Crippen LogP contribution >= 0.6 is 0 Å². The van der Waals surface area contributed by atoms with Crippen LogP contribution in [0.2, 0.25) is 0 Å². The lowest BCUT2D eigenvalue weighted by Gasteiger charge is -2.39. The first-order valence-corrected chi connectivity index (χ1v) is 11.3. The van der Waals surface area contributed by atoms with Crippen molar-refractivity contribution < 1.29 is 9.53 Å². The molecule has 0 saturated heterocycles. The Morgan fingerprint density at radius 2 is 1.80 bits per heavy atom. The monoisotopic (exact) mass is 346 g/mol. The predicted molar refractivity (Wildman–Crippen MR) is 101 cm³/mol. The van der Waals surface area contributed by atoms with Gasteiger partial charge in [-0.15, -0.1) is 0 Å². The molecule has 0 heterocycles. The van der Waals surface area contributed by atoms with Crippen molar-refractivity contribution in [1.29, 1.82) is 0 Å². The topological polar surface area (TPSA) is 26.3 Å². The molecule has 4 rings (SSSR count). The van der Waals surface area contributed by atoms with Crippen LogP contribution in [0.3, 0.4) is 0 Å². The second kappa shape index (κ2) is 6.89. The molecule has 0 N–H and O–H groups in total. The van der Waals surface area contributed by atoms with Crippen molar-refractivity contribution in [2.45, 2.75) is 97.0 Å². The van der Waals surface area contributed by atoms with E-state index >= 15 is 0 Å². The molecule has 7 atom stereocenters. The number of fused-ring (bicyclic) bond motifs is 5. The molecule has 0 aromatic rings. The number of carbonyl (C=O) groups excluding carboxylic acids is 1. The van der Waals surface area contributed by atoms with E-state index in [-0.39, 0.29) is 17.5 Å². The second-order valence-corrected chi connectivity index (χ2v) is 9.94. The summed E-state index contributed by atoms with van der Waals surface area (Å²) in [6.45, 7) is 7.02. The van der Waals surface area contributed by atoms with Crippen molar-refractivity contribution in [3.05, 3.63) is 0 Å². The van der Waals surface area contributed by atoms with E-state index in [2.05, 4.69) is 20.8 Å². The normalized spacial score (nSPS) is 44.7. The van der Waals surface area contributed by atoms with E-state index in [1.165, 1.54) is 44.9 Å². The lowest BCUT2D eigenvalue weighted by atomic mass is 9.70. The van der Waals surface area contributed by atoms with Crippen LogP contribution in [0.1, 0.15) is 91.4 Å². The van der Waals surface area contributed by atoms with Gasteiger partial charge in [-0.25, -0.2) is 0 Å². The van der Waals surface area contributed by atoms with Gasteiger partial charge in [0.05, 0.1) is 5.92 Å². The van der Waals surface area contributed by atoms with E-state index in [4.69, 9.17) is 4.74 Å². The average Bonchev–Trinajstić information content (AvgIpc) is 3.28. The second-order valence-electron chi connectivity index (χ2n) is 9.94. The van der Waals surface area contributed by atoms with Gasteiger partial charge in [-0.3, -0.25) is 4.79 Å². The lowest BCUT2D eigenvalue weighted by Crippen LogP contribution is -2.41. The van der Waals surface area contributed by atoms with Gasteiger partial charge in [-0.05, 0) is 86.9 Å². The summed E-state index contributed by atoms with van der Waals surface area (Å²) >= 11 is 0. The molecule has 2 heteroatoms. The summed E-state index contributed by atoms with van der Waals surface area (Å²) in [6.07, 6.45) is 13.5. The zero-order valence-corrected chi connectivity index (χ0v) is 16.6. The fourth-order valence-electron chi connectivity index (χ4n) is 7.72. The summed E-state index contributed by atoms with van der Waals surface area (Å²) in [4.78, 5) is 13.2. The van der Waals surface area contributed by atoms with Crippen LogP contribution < -0.4 is 0 Å². The van der Waals surface area contributed by atoms with Gasteiger partial charge in [0, 0.05) is 0 Å². The quantitative estimate of drug-likeness (QED) is 0.572. The van der Waals surface area contributed by atoms with E-state index in [1.807, 2.05) is 0 Å². The molecule has 0 aliphatic heterocycles. The van der Waals surface area contributed by atoms with Crippen molar-refractivity contribution in [3.8, 4) is 0 Å². The third-order valence-corrected chi connectivity index (χ3v) is 8.70. The van der Waals surface area contributed by atoms with E-state index in [9.17, 15) is 4.79 Å². The number of rotatable bonds is 5. The fraction of sp³-hybridized carbons (Fsp3) is 0.957. The van der Waals surface area contributed by atoms with E-state index < -0.39 is 0 Å². The largest absolute Gasteiger partial charge is 0.459 e. The predicted octanol–water partition coefficient (Wildman–Crippen LogP) is 5.99. The van der Waals surface area contributed by atoms with Gasteiger partial charge in [-0.1, -0.05) is 40.0 Å². The molecule has 2 nitrogen and oxygen atoms in total. The van der Waals surface area contributed by atoms with Gasteiger partial charge >= 0.3 is 5.97 Å². The minimum atomic E-state index is -0.123. The first-order chi connectivity index (χ1) is 12.1. The lowest BCUT2D eigenvalue weighted by molar-refractivity contribution is -0.172. The van der Waals surface area contributed by atoms with E-state index in [0.29, 0.717) is 5.92 Å². The van der Waals surface area contributed by atoms with Crippen molar-refractivity contribution >= 4 is 5.97 Å². The number of esters is 1. The molecular formula is C23H38O2. The van der Waals surface area contributed by atoms with Crippen molar-refractivity contribution in [2.75, 3.05) is 0 Å². The minimum Gasteiger partial charge on any atom is -0.459 e. The van der Waals surface area contributed by atoms with Gasteiger partial charge in [-0.2, -0.15) is 0 Å². The van der Waals surface area contributed by atoms with Gasteiger partial charge in [0.25, 0.3) is 0 Å². The Morgan fingerprint density at radius 1 is 1.04 bits per heavy atom. The highest BCUT2D eigenvalue weighted by atomic mass is 16.6. The highest BCUT2D eigenvalue weighted by Crippen LogP contribution is 2.65. The Kier molecular flexibility index (Phi) is 4.92. The average molecular weight is 347 g/mol. The van der Waals surface area contributed by atoms with Crippen LogP contribution in [0, 0.1) is 41.4 Å². The fourth-order valence-corrected chi connectivity index (χ4v) is 7.72. The number of ether oxygens (including phenoxy) is 1. The van der Waals surface area contributed by atoms with E-state index in [1.54, 1.807) is 0 Å². The van der Waals surface area contributed by atoms with Gasteiger partial charge in [0.15, 0.2) is 0 Å². The molecule has 0 spiro atoms. The molecule has 0 amide bonds. The Bertz CT molecular complexity index is 492. The number of hydrogen-bond donors (Lipinski definition) is 0. The van der Waals surface area contributed by atoms with Crippen molar-refractivity contribution in [1.82, 2.24) is 0 Å². The molecule has 4 fully saturated rings. The maximum Gasteiger partial charge on any atom is 0.309 e. The molecule has 4 saturated carbocycles. The SMILES string of the molecule is CCCC1CC(C)C2C3CC(C(=O)OC4(CC)CCCCC4)C(C3)C12. The Hall–Kier alpha value is -0.530. The van der Waals surface area contributed by atoms with Crippen LogP contribution in [-0.2, 0) is 9.53 Å². The Labute approximate surface area is 154 Å². The Morgan fingerprint density at radius 3 is 2.48 bits per heavy atom. The van der Waals surface area contributed by atoms with Crippen LogP contribution in [0.5, 0.6) is 0 Å². The summed E-state index contributed by atoms with van der Waals surface area (Å²) in [7, 11) is 0. The summed E-state index contributed by atoms with van der Waals surface area (Å²) in [5.74, 6) is 5.37. The van der Waals surface area contributed by atoms with Crippen LogP contribution in [0.15, 0.2) is 0 Å².